The SMILES string of the molecule is CCCCOc1ccc2cc(-c3noc([C@@H]4CCCN4)n3)ccc2c1. The molecule has 130 valence electrons. The van der Waals surface area contributed by atoms with Gasteiger partial charge in [-0.25, -0.2) is 0 Å². The molecule has 4 rings (SSSR count). The van der Waals surface area contributed by atoms with Gasteiger partial charge in [-0.1, -0.05) is 36.7 Å². The molecule has 2 aromatic carbocycles. The van der Waals surface area contributed by atoms with Crippen LogP contribution in [0.4, 0.5) is 0 Å². The summed E-state index contributed by atoms with van der Waals surface area (Å²) in [5, 5.41) is 9.83. The summed E-state index contributed by atoms with van der Waals surface area (Å²) in [6.45, 7) is 3.94. The lowest BCUT2D eigenvalue weighted by Crippen LogP contribution is -2.12. The predicted octanol–water partition coefficient (Wildman–Crippen LogP) is 4.49. The molecule has 0 saturated carbocycles. The van der Waals surface area contributed by atoms with Crippen molar-refractivity contribution < 1.29 is 9.26 Å². The number of aromatic nitrogens is 2. The van der Waals surface area contributed by atoms with Gasteiger partial charge >= 0.3 is 0 Å². The molecule has 1 atom stereocenters. The van der Waals surface area contributed by atoms with Crippen LogP contribution in [0.1, 0.15) is 44.5 Å². The van der Waals surface area contributed by atoms with E-state index in [1.54, 1.807) is 0 Å². The molecule has 1 aliphatic heterocycles. The Bertz CT molecular complexity index is 853. The first-order valence-electron chi connectivity index (χ1n) is 9.07. The molecule has 3 aromatic rings. The standard InChI is InChI=1S/C20H23N3O2/c1-2-3-11-24-17-9-8-14-12-16(7-6-15(14)13-17)19-22-20(25-23-19)18-5-4-10-21-18/h6-9,12-13,18,21H,2-5,10-11H2,1H3/t18-/m0/s1. The Morgan fingerprint density at radius 1 is 1.20 bits per heavy atom. The van der Waals surface area contributed by atoms with Gasteiger partial charge in [0.15, 0.2) is 0 Å². The molecule has 5 nitrogen and oxygen atoms in total. The third-order valence-corrected chi connectivity index (χ3v) is 4.64. The third kappa shape index (κ3) is 3.51. The van der Waals surface area contributed by atoms with Crippen LogP contribution in [0.25, 0.3) is 22.2 Å². The van der Waals surface area contributed by atoms with Crippen LogP contribution in [0, 0.1) is 0 Å². The molecule has 1 aliphatic rings. The first-order chi connectivity index (χ1) is 12.3. The highest BCUT2D eigenvalue weighted by Gasteiger charge is 2.22. The molecule has 0 aliphatic carbocycles. The zero-order valence-electron chi connectivity index (χ0n) is 14.5. The van der Waals surface area contributed by atoms with Crippen LogP contribution in [-0.4, -0.2) is 23.3 Å². The van der Waals surface area contributed by atoms with Crippen molar-refractivity contribution in [1.82, 2.24) is 15.5 Å². The van der Waals surface area contributed by atoms with E-state index in [4.69, 9.17) is 9.26 Å². The lowest BCUT2D eigenvalue weighted by molar-refractivity contribution is 0.310. The van der Waals surface area contributed by atoms with Gasteiger partial charge in [-0.3, -0.25) is 0 Å². The van der Waals surface area contributed by atoms with Crippen LogP contribution in [0.5, 0.6) is 5.75 Å². The zero-order chi connectivity index (χ0) is 17.1. The number of fused-ring (bicyclic) bond motifs is 1. The van der Waals surface area contributed by atoms with E-state index in [0.29, 0.717) is 11.7 Å². The second-order valence-electron chi connectivity index (χ2n) is 6.53. The van der Waals surface area contributed by atoms with Crippen molar-refractivity contribution in [1.29, 1.82) is 0 Å². The summed E-state index contributed by atoms with van der Waals surface area (Å²) < 4.78 is 11.2. The largest absolute Gasteiger partial charge is 0.494 e. The van der Waals surface area contributed by atoms with Crippen LogP contribution in [-0.2, 0) is 0 Å². The molecule has 0 radical (unpaired) electrons. The van der Waals surface area contributed by atoms with Gasteiger partial charge in [-0.2, -0.15) is 4.98 Å². The smallest absolute Gasteiger partial charge is 0.244 e. The summed E-state index contributed by atoms with van der Waals surface area (Å²) in [5.41, 5.74) is 0.972. The van der Waals surface area contributed by atoms with E-state index in [2.05, 4.69) is 46.6 Å². The van der Waals surface area contributed by atoms with Gasteiger partial charge in [0.05, 0.1) is 12.6 Å². The van der Waals surface area contributed by atoms with Crippen LogP contribution in [0.3, 0.4) is 0 Å². The molecule has 0 bridgehead atoms. The third-order valence-electron chi connectivity index (χ3n) is 4.64. The summed E-state index contributed by atoms with van der Waals surface area (Å²) in [6, 6.07) is 12.6. The highest BCUT2D eigenvalue weighted by molar-refractivity contribution is 5.87. The van der Waals surface area contributed by atoms with Crippen molar-refractivity contribution in [2.24, 2.45) is 0 Å². The topological polar surface area (TPSA) is 60.2 Å². The van der Waals surface area contributed by atoms with Crippen LogP contribution in [0.2, 0.25) is 0 Å². The van der Waals surface area contributed by atoms with Crippen molar-refractivity contribution in [3.63, 3.8) is 0 Å². The van der Waals surface area contributed by atoms with Crippen molar-refractivity contribution in [2.75, 3.05) is 13.2 Å². The molecule has 2 heterocycles. The fourth-order valence-corrected chi connectivity index (χ4v) is 3.18. The van der Waals surface area contributed by atoms with E-state index in [0.717, 1.165) is 60.9 Å². The molecule has 5 heteroatoms. The molecular weight excluding hydrogens is 314 g/mol. The average Bonchev–Trinajstić information content (AvgIpc) is 3.33. The van der Waals surface area contributed by atoms with Crippen molar-refractivity contribution >= 4 is 10.8 Å². The van der Waals surface area contributed by atoms with Gasteiger partial charge in [-0.05, 0) is 54.8 Å². The number of nitrogens with zero attached hydrogens (tertiary/aromatic N) is 2. The Morgan fingerprint density at radius 3 is 2.92 bits per heavy atom. The monoisotopic (exact) mass is 337 g/mol. The zero-order valence-corrected chi connectivity index (χ0v) is 14.5. The maximum absolute atomic E-state index is 5.78. The van der Waals surface area contributed by atoms with E-state index < -0.39 is 0 Å². The molecule has 0 amide bonds. The molecular formula is C20H23N3O2. The molecule has 0 spiro atoms. The van der Waals surface area contributed by atoms with Crippen LogP contribution >= 0.6 is 0 Å². The van der Waals surface area contributed by atoms with Crippen molar-refractivity contribution in [2.45, 2.75) is 38.6 Å². The van der Waals surface area contributed by atoms with Crippen LogP contribution < -0.4 is 10.1 Å². The number of hydrogen-bond acceptors (Lipinski definition) is 5. The highest BCUT2D eigenvalue weighted by atomic mass is 16.5. The van der Waals surface area contributed by atoms with E-state index in [9.17, 15) is 0 Å². The molecule has 1 fully saturated rings. The highest BCUT2D eigenvalue weighted by Crippen LogP contribution is 2.28. The summed E-state index contributed by atoms with van der Waals surface area (Å²) >= 11 is 0. The van der Waals surface area contributed by atoms with E-state index >= 15 is 0 Å². The molecule has 0 unspecified atom stereocenters. The van der Waals surface area contributed by atoms with Gasteiger partial charge < -0.3 is 14.6 Å². The van der Waals surface area contributed by atoms with Gasteiger partial charge in [0, 0.05) is 5.56 Å². The Balaban J connectivity index is 1.55. The van der Waals surface area contributed by atoms with E-state index in [1.165, 1.54) is 0 Å². The molecule has 1 saturated heterocycles. The summed E-state index contributed by atoms with van der Waals surface area (Å²) in [6.07, 6.45) is 4.42. The Hall–Kier alpha value is -2.40. The summed E-state index contributed by atoms with van der Waals surface area (Å²) in [7, 11) is 0. The minimum atomic E-state index is 0.199. The van der Waals surface area contributed by atoms with E-state index in [1.807, 2.05) is 12.1 Å². The first-order valence-corrected chi connectivity index (χ1v) is 9.07. The number of ether oxygens (including phenoxy) is 1. The lowest BCUT2D eigenvalue weighted by atomic mass is 10.1. The fourth-order valence-electron chi connectivity index (χ4n) is 3.18. The van der Waals surface area contributed by atoms with Gasteiger partial charge in [0.25, 0.3) is 0 Å². The van der Waals surface area contributed by atoms with E-state index in [-0.39, 0.29) is 6.04 Å². The second kappa shape index (κ2) is 7.23. The average molecular weight is 337 g/mol. The van der Waals surface area contributed by atoms with Gasteiger partial charge in [-0.15, -0.1) is 0 Å². The minimum Gasteiger partial charge on any atom is -0.494 e. The van der Waals surface area contributed by atoms with Gasteiger partial charge in [0.2, 0.25) is 11.7 Å². The van der Waals surface area contributed by atoms with Crippen molar-refractivity contribution in [3.05, 3.63) is 42.3 Å². The fraction of sp³-hybridized carbons (Fsp3) is 0.400. The Morgan fingerprint density at radius 2 is 2.08 bits per heavy atom. The Kier molecular flexibility index (Phi) is 4.65. The van der Waals surface area contributed by atoms with Crippen molar-refractivity contribution in [3.8, 4) is 17.1 Å². The molecule has 1 aromatic heterocycles. The van der Waals surface area contributed by atoms with Gasteiger partial charge in [0.1, 0.15) is 5.75 Å². The Labute approximate surface area is 147 Å². The number of unbranched alkanes of at least 4 members (excludes halogenated alkanes) is 1. The predicted molar refractivity (Wildman–Crippen MR) is 97.6 cm³/mol. The maximum atomic E-state index is 5.78. The lowest BCUT2D eigenvalue weighted by Gasteiger charge is -2.07. The summed E-state index contributed by atoms with van der Waals surface area (Å²) in [4.78, 5) is 4.57. The normalized spacial score (nSPS) is 17.2. The summed E-state index contributed by atoms with van der Waals surface area (Å²) in [5.74, 6) is 2.25. The molecule has 1 N–H and O–H groups in total. The maximum Gasteiger partial charge on any atom is 0.244 e. The number of benzene rings is 2. The minimum absolute atomic E-state index is 0.199. The first kappa shape index (κ1) is 16.1. The number of hydrogen-bond donors (Lipinski definition) is 1. The van der Waals surface area contributed by atoms with Crippen LogP contribution in [0.15, 0.2) is 40.9 Å². The molecule has 25 heavy (non-hydrogen) atoms. The number of rotatable bonds is 6. The second-order valence-corrected chi connectivity index (χ2v) is 6.53. The quantitative estimate of drug-likeness (QED) is 0.671. The number of nitrogens with one attached hydrogen (secondary N) is 1.